The Morgan fingerprint density at radius 2 is 2.17 bits per heavy atom. The Morgan fingerprint density at radius 3 is 2.78 bits per heavy atom. The van der Waals surface area contributed by atoms with Gasteiger partial charge in [-0.25, -0.2) is 4.79 Å². The van der Waals surface area contributed by atoms with Gasteiger partial charge in [-0.2, -0.15) is 0 Å². The normalized spacial score (nSPS) is 26.9. The quantitative estimate of drug-likeness (QED) is 0.864. The van der Waals surface area contributed by atoms with Crippen LogP contribution < -0.4 is 10.6 Å². The van der Waals surface area contributed by atoms with E-state index in [9.17, 15) is 4.79 Å². The Bertz CT molecular complexity index is 435. The lowest BCUT2D eigenvalue weighted by Gasteiger charge is -2.30. The van der Waals surface area contributed by atoms with Gasteiger partial charge < -0.3 is 15.4 Å². The van der Waals surface area contributed by atoms with E-state index in [0.29, 0.717) is 11.6 Å². The van der Waals surface area contributed by atoms with Gasteiger partial charge in [0, 0.05) is 31.1 Å². The zero-order valence-corrected chi connectivity index (χ0v) is 11.3. The smallest absolute Gasteiger partial charge is 0.407 e. The summed E-state index contributed by atoms with van der Waals surface area (Å²) in [7, 11) is 1.56. The van der Waals surface area contributed by atoms with Crippen LogP contribution in [0.2, 0.25) is 5.02 Å². The lowest BCUT2D eigenvalue weighted by Crippen LogP contribution is -2.41. The lowest BCUT2D eigenvalue weighted by molar-refractivity contribution is 0.0290. The molecule has 0 bridgehead atoms. The SMILES string of the molecule is CNC(=O)O[C@@]1(C)CNC[C@@H]1c1ccc(Cl)cc1. The molecule has 0 unspecified atom stereocenters. The molecule has 0 radical (unpaired) electrons. The van der Waals surface area contributed by atoms with Crippen molar-refractivity contribution >= 4 is 17.7 Å². The maximum atomic E-state index is 11.4. The number of rotatable bonds is 2. The molecule has 0 spiro atoms. The van der Waals surface area contributed by atoms with E-state index in [1.165, 1.54) is 0 Å². The first kappa shape index (κ1) is 13.2. The van der Waals surface area contributed by atoms with Crippen molar-refractivity contribution in [1.29, 1.82) is 0 Å². The van der Waals surface area contributed by atoms with Crippen LogP contribution in [0.1, 0.15) is 18.4 Å². The van der Waals surface area contributed by atoms with Gasteiger partial charge in [-0.05, 0) is 24.6 Å². The number of amides is 1. The Kier molecular flexibility index (Phi) is 3.78. The van der Waals surface area contributed by atoms with E-state index in [2.05, 4.69) is 10.6 Å². The fraction of sp³-hybridized carbons (Fsp3) is 0.462. The highest BCUT2D eigenvalue weighted by Crippen LogP contribution is 2.35. The molecular formula is C13H17ClN2O2. The molecule has 1 aromatic rings. The Labute approximate surface area is 112 Å². The highest BCUT2D eigenvalue weighted by Gasteiger charge is 2.43. The van der Waals surface area contributed by atoms with Gasteiger partial charge in [0.05, 0.1) is 0 Å². The van der Waals surface area contributed by atoms with Crippen LogP contribution in [-0.4, -0.2) is 31.8 Å². The van der Waals surface area contributed by atoms with Crippen LogP contribution in [0.25, 0.3) is 0 Å². The predicted molar refractivity (Wildman–Crippen MR) is 71.0 cm³/mol. The minimum Gasteiger partial charge on any atom is -0.441 e. The maximum absolute atomic E-state index is 11.4. The summed E-state index contributed by atoms with van der Waals surface area (Å²) < 4.78 is 5.50. The number of ether oxygens (including phenoxy) is 1. The van der Waals surface area contributed by atoms with E-state index in [1.54, 1.807) is 7.05 Å². The van der Waals surface area contributed by atoms with E-state index < -0.39 is 11.7 Å². The third kappa shape index (κ3) is 2.60. The predicted octanol–water partition coefficient (Wildman–Crippen LogP) is 2.14. The van der Waals surface area contributed by atoms with Crippen molar-refractivity contribution in [1.82, 2.24) is 10.6 Å². The number of alkyl carbamates (subject to hydrolysis) is 1. The lowest BCUT2D eigenvalue weighted by atomic mass is 9.86. The van der Waals surface area contributed by atoms with Crippen LogP contribution in [0.5, 0.6) is 0 Å². The van der Waals surface area contributed by atoms with E-state index in [1.807, 2.05) is 31.2 Å². The molecule has 2 atom stereocenters. The molecule has 1 amide bonds. The van der Waals surface area contributed by atoms with Crippen LogP contribution in [0.3, 0.4) is 0 Å². The summed E-state index contributed by atoms with van der Waals surface area (Å²) in [6, 6.07) is 7.67. The van der Waals surface area contributed by atoms with E-state index in [0.717, 1.165) is 12.1 Å². The first-order valence-electron chi connectivity index (χ1n) is 5.92. The fourth-order valence-corrected chi connectivity index (χ4v) is 2.47. The van der Waals surface area contributed by atoms with Gasteiger partial charge >= 0.3 is 6.09 Å². The van der Waals surface area contributed by atoms with Gasteiger partial charge in [-0.15, -0.1) is 0 Å². The van der Waals surface area contributed by atoms with Gasteiger partial charge in [0.1, 0.15) is 5.60 Å². The highest BCUT2D eigenvalue weighted by molar-refractivity contribution is 6.30. The van der Waals surface area contributed by atoms with Gasteiger partial charge in [0.2, 0.25) is 0 Å². The third-order valence-electron chi connectivity index (χ3n) is 3.36. The molecule has 4 nitrogen and oxygen atoms in total. The molecule has 1 aliphatic rings. The average Bonchev–Trinajstić information content (AvgIpc) is 2.72. The molecular weight excluding hydrogens is 252 g/mol. The van der Waals surface area contributed by atoms with Crippen molar-refractivity contribution in [3.8, 4) is 0 Å². The number of carbonyl (C=O) groups is 1. The van der Waals surface area contributed by atoms with Gasteiger partial charge in [0.25, 0.3) is 0 Å². The van der Waals surface area contributed by atoms with Crippen LogP contribution >= 0.6 is 11.6 Å². The summed E-state index contributed by atoms with van der Waals surface area (Å²) in [5, 5.41) is 6.46. The molecule has 0 aromatic heterocycles. The Hall–Kier alpha value is -1.26. The zero-order valence-electron chi connectivity index (χ0n) is 10.5. The summed E-state index contributed by atoms with van der Waals surface area (Å²) in [5.74, 6) is 0.132. The number of hydrogen-bond acceptors (Lipinski definition) is 3. The minimum absolute atomic E-state index is 0.132. The summed E-state index contributed by atoms with van der Waals surface area (Å²) >= 11 is 5.89. The second-order valence-corrected chi connectivity index (χ2v) is 5.12. The van der Waals surface area contributed by atoms with E-state index in [-0.39, 0.29) is 5.92 Å². The molecule has 98 valence electrons. The Balaban J connectivity index is 2.21. The number of halogens is 1. The van der Waals surface area contributed by atoms with Crippen LogP contribution in [-0.2, 0) is 4.74 Å². The van der Waals surface area contributed by atoms with Gasteiger partial charge in [0.15, 0.2) is 0 Å². The van der Waals surface area contributed by atoms with Crippen molar-refractivity contribution in [2.75, 3.05) is 20.1 Å². The molecule has 0 saturated carbocycles. The standard InChI is InChI=1S/C13H17ClN2O2/c1-13(18-12(17)15-2)8-16-7-11(13)9-3-5-10(14)6-4-9/h3-6,11,16H,7-8H2,1-2H3,(H,15,17)/t11-,13+/m1/s1. The summed E-state index contributed by atoms with van der Waals surface area (Å²) in [5.41, 5.74) is 0.587. The van der Waals surface area contributed by atoms with Crippen molar-refractivity contribution in [2.24, 2.45) is 0 Å². The fourth-order valence-electron chi connectivity index (χ4n) is 2.34. The van der Waals surface area contributed by atoms with E-state index in [4.69, 9.17) is 16.3 Å². The van der Waals surface area contributed by atoms with Crippen molar-refractivity contribution in [2.45, 2.75) is 18.4 Å². The second-order valence-electron chi connectivity index (χ2n) is 4.69. The molecule has 1 aliphatic heterocycles. The number of carbonyl (C=O) groups excluding carboxylic acids is 1. The van der Waals surface area contributed by atoms with Crippen LogP contribution in [0.15, 0.2) is 24.3 Å². The summed E-state index contributed by atoms with van der Waals surface area (Å²) in [6.07, 6.45) is -0.403. The molecule has 1 heterocycles. The molecule has 1 fully saturated rings. The van der Waals surface area contributed by atoms with E-state index >= 15 is 0 Å². The van der Waals surface area contributed by atoms with Crippen molar-refractivity contribution in [3.05, 3.63) is 34.9 Å². The van der Waals surface area contributed by atoms with Gasteiger partial charge in [-0.3, -0.25) is 0 Å². The summed E-state index contributed by atoms with van der Waals surface area (Å²) in [6.45, 7) is 3.38. The second kappa shape index (κ2) is 5.16. The number of nitrogens with one attached hydrogen (secondary N) is 2. The molecule has 1 aromatic carbocycles. The zero-order chi connectivity index (χ0) is 13.2. The summed E-state index contributed by atoms with van der Waals surface area (Å²) in [4.78, 5) is 11.4. The van der Waals surface area contributed by atoms with Crippen molar-refractivity contribution in [3.63, 3.8) is 0 Å². The molecule has 2 N–H and O–H groups in total. The largest absolute Gasteiger partial charge is 0.441 e. The van der Waals surface area contributed by atoms with Crippen LogP contribution in [0, 0.1) is 0 Å². The Morgan fingerprint density at radius 1 is 1.50 bits per heavy atom. The molecule has 5 heteroatoms. The molecule has 1 saturated heterocycles. The molecule has 18 heavy (non-hydrogen) atoms. The first-order chi connectivity index (χ1) is 8.55. The topological polar surface area (TPSA) is 50.4 Å². The average molecular weight is 269 g/mol. The minimum atomic E-state index is -0.534. The van der Waals surface area contributed by atoms with Crippen molar-refractivity contribution < 1.29 is 9.53 Å². The maximum Gasteiger partial charge on any atom is 0.407 e. The molecule has 2 rings (SSSR count). The molecule has 0 aliphatic carbocycles. The highest BCUT2D eigenvalue weighted by atomic mass is 35.5. The third-order valence-corrected chi connectivity index (χ3v) is 3.62. The number of benzene rings is 1. The number of hydrogen-bond donors (Lipinski definition) is 2. The first-order valence-corrected chi connectivity index (χ1v) is 6.30. The monoisotopic (exact) mass is 268 g/mol. The van der Waals surface area contributed by atoms with Crippen LogP contribution in [0.4, 0.5) is 4.79 Å². The van der Waals surface area contributed by atoms with Gasteiger partial charge in [-0.1, -0.05) is 23.7 Å².